The first kappa shape index (κ1) is 10.1. The number of aryl methyl sites for hydroxylation is 1. The first-order valence-electron chi connectivity index (χ1n) is 4.27. The standard InChI is InChI=1S/C10H13F2N/c1-2-8-4-3-5-9(6-8)10(11,12)7-13/h3-6H,2,7,13H2,1H3. The molecule has 0 fully saturated rings. The van der Waals surface area contributed by atoms with Crippen LogP contribution in [-0.4, -0.2) is 6.54 Å². The monoisotopic (exact) mass is 185 g/mol. The van der Waals surface area contributed by atoms with E-state index in [0.29, 0.717) is 0 Å². The summed E-state index contributed by atoms with van der Waals surface area (Å²) in [5.41, 5.74) is 5.90. The minimum Gasteiger partial charge on any atom is -0.325 e. The predicted octanol–water partition coefficient (Wildman–Crippen LogP) is 2.30. The Hall–Kier alpha value is -0.960. The summed E-state index contributed by atoms with van der Waals surface area (Å²) >= 11 is 0. The van der Waals surface area contributed by atoms with Crippen molar-refractivity contribution in [3.63, 3.8) is 0 Å². The Morgan fingerprint density at radius 3 is 2.62 bits per heavy atom. The van der Waals surface area contributed by atoms with E-state index in [1.165, 1.54) is 12.1 Å². The lowest BCUT2D eigenvalue weighted by atomic mass is 10.0. The van der Waals surface area contributed by atoms with Crippen molar-refractivity contribution in [3.05, 3.63) is 35.4 Å². The van der Waals surface area contributed by atoms with Gasteiger partial charge < -0.3 is 5.73 Å². The lowest BCUT2D eigenvalue weighted by Gasteiger charge is -2.14. The fourth-order valence-electron chi connectivity index (χ4n) is 1.14. The van der Waals surface area contributed by atoms with E-state index < -0.39 is 12.5 Å². The minimum absolute atomic E-state index is 0.00866. The highest BCUT2D eigenvalue weighted by Gasteiger charge is 2.29. The van der Waals surface area contributed by atoms with E-state index >= 15 is 0 Å². The molecule has 0 aliphatic rings. The summed E-state index contributed by atoms with van der Waals surface area (Å²) in [4.78, 5) is 0. The second kappa shape index (κ2) is 3.83. The molecular formula is C10H13F2N. The first-order valence-corrected chi connectivity index (χ1v) is 4.27. The molecule has 3 heteroatoms. The van der Waals surface area contributed by atoms with Crippen molar-refractivity contribution in [1.29, 1.82) is 0 Å². The van der Waals surface area contributed by atoms with Gasteiger partial charge in [0.1, 0.15) is 0 Å². The van der Waals surface area contributed by atoms with Gasteiger partial charge in [-0.15, -0.1) is 0 Å². The van der Waals surface area contributed by atoms with Gasteiger partial charge in [-0.2, -0.15) is 8.78 Å². The van der Waals surface area contributed by atoms with Crippen molar-refractivity contribution < 1.29 is 8.78 Å². The van der Waals surface area contributed by atoms with Crippen LogP contribution in [-0.2, 0) is 12.3 Å². The van der Waals surface area contributed by atoms with Crippen molar-refractivity contribution in [3.8, 4) is 0 Å². The second-order valence-electron chi connectivity index (χ2n) is 2.96. The largest absolute Gasteiger partial charge is 0.325 e. The smallest absolute Gasteiger partial charge is 0.285 e. The van der Waals surface area contributed by atoms with Crippen molar-refractivity contribution in [2.75, 3.05) is 6.54 Å². The number of nitrogens with two attached hydrogens (primary N) is 1. The van der Waals surface area contributed by atoms with Crippen LogP contribution in [0, 0.1) is 0 Å². The van der Waals surface area contributed by atoms with Crippen LogP contribution in [0.4, 0.5) is 8.78 Å². The molecule has 1 aromatic rings. The Kier molecular flexibility index (Phi) is 2.98. The Balaban J connectivity index is 3.01. The Morgan fingerprint density at radius 1 is 1.38 bits per heavy atom. The van der Waals surface area contributed by atoms with Gasteiger partial charge in [-0.3, -0.25) is 0 Å². The normalized spacial score (nSPS) is 11.7. The molecule has 0 aromatic heterocycles. The fourth-order valence-corrected chi connectivity index (χ4v) is 1.14. The van der Waals surface area contributed by atoms with Gasteiger partial charge in [-0.25, -0.2) is 0 Å². The zero-order chi connectivity index (χ0) is 9.90. The highest BCUT2D eigenvalue weighted by Crippen LogP contribution is 2.26. The van der Waals surface area contributed by atoms with E-state index in [1.54, 1.807) is 6.07 Å². The summed E-state index contributed by atoms with van der Waals surface area (Å²) in [7, 11) is 0. The van der Waals surface area contributed by atoms with Crippen molar-refractivity contribution >= 4 is 0 Å². The number of benzene rings is 1. The van der Waals surface area contributed by atoms with Crippen LogP contribution in [0.2, 0.25) is 0 Å². The molecular weight excluding hydrogens is 172 g/mol. The van der Waals surface area contributed by atoms with Crippen LogP contribution < -0.4 is 5.73 Å². The van der Waals surface area contributed by atoms with Crippen molar-refractivity contribution in [2.45, 2.75) is 19.3 Å². The molecule has 0 unspecified atom stereocenters. The van der Waals surface area contributed by atoms with E-state index in [0.717, 1.165) is 12.0 Å². The van der Waals surface area contributed by atoms with Gasteiger partial charge in [0, 0.05) is 5.56 Å². The topological polar surface area (TPSA) is 26.0 Å². The third-order valence-corrected chi connectivity index (χ3v) is 2.01. The first-order chi connectivity index (χ1) is 6.10. The molecule has 0 saturated carbocycles. The van der Waals surface area contributed by atoms with Crippen LogP contribution in [0.25, 0.3) is 0 Å². The van der Waals surface area contributed by atoms with Gasteiger partial charge in [-0.05, 0) is 18.1 Å². The average Bonchev–Trinajstić information content (AvgIpc) is 2.18. The van der Waals surface area contributed by atoms with Crippen molar-refractivity contribution in [1.82, 2.24) is 0 Å². The zero-order valence-corrected chi connectivity index (χ0v) is 7.56. The Labute approximate surface area is 76.6 Å². The number of hydrogen-bond acceptors (Lipinski definition) is 1. The van der Waals surface area contributed by atoms with Crippen LogP contribution in [0.3, 0.4) is 0 Å². The second-order valence-corrected chi connectivity index (χ2v) is 2.96. The third-order valence-electron chi connectivity index (χ3n) is 2.01. The van der Waals surface area contributed by atoms with Crippen LogP contribution in [0.1, 0.15) is 18.1 Å². The van der Waals surface area contributed by atoms with Crippen LogP contribution in [0.15, 0.2) is 24.3 Å². The van der Waals surface area contributed by atoms with E-state index in [2.05, 4.69) is 0 Å². The molecule has 0 atom stereocenters. The molecule has 0 amide bonds. The average molecular weight is 185 g/mol. The zero-order valence-electron chi connectivity index (χ0n) is 7.56. The molecule has 1 aromatic carbocycles. The number of rotatable bonds is 3. The molecule has 13 heavy (non-hydrogen) atoms. The van der Waals surface area contributed by atoms with Gasteiger partial charge in [-0.1, -0.05) is 25.1 Å². The molecule has 0 bridgehead atoms. The quantitative estimate of drug-likeness (QED) is 0.768. The molecule has 0 aliphatic carbocycles. The van der Waals surface area contributed by atoms with Gasteiger partial charge in [0.05, 0.1) is 6.54 Å². The summed E-state index contributed by atoms with van der Waals surface area (Å²) in [6, 6.07) is 6.38. The van der Waals surface area contributed by atoms with Crippen molar-refractivity contribution in [2.24, 2.45) is 5.73 Å². The fraction of sp³-hybridized carbons (Fsp3) is 0.400. The molecule has 0 spiro atoms. The lowest BCUT2D eigenvalue weighted by molar-refractivity contribution is 0.00588. The molecule has 1 rings (SSSR count). The maximum atomic E-state index is 13.1. The maximum absolute atomic E-state index is 13.1. The summed E-state index contributed by atoms with van der Waals surface area (Å²) < 4.78 is 26.2. The van der Waals surface area contributed by atoms with E-state index in [1.807, 2.05) is 13.0 Å². The summed E-state index contributed by atoms with van der Waals surface area (Å²) in [5, 5.41) is 0. The Bertz CT molecular complexity index is 284. The summed E-state index contributed by atoms with van der Waals surface area (Å²) in [5.74, 6) is -2.90. The van der Waals surface area contributed by atoms with E-state index in [-0.39, 0.29) is 5.56 Å². The number of hydrogen-bond donors (Lipinski definition) is 1. The van der Waals surface area contributed by atoms with Gasteiger partial charge in [0.15, 0.2) is 0 Å². The summed E-state index contributed by atoms with van der Waals surface area (Å²) in [6.45, 7) is 1.29. The van der Waals surface area contributed by atoms with E-state index in [4.69, 9.17) is 5.73 Å². The Morgan fingerprint density at radius 2 is 2.08 bits per heavy atom. The third kappa shape index (κ3) is 2.25. The van der Waals surface area contributed by atoms with Gasteiger partial charge in [0.2, 0.25) is 0 Å². The van der Waals surface area contributed by atoms with Gasteiger partial charge in [0.25, 0.3) is 5.92 Å². The maximum Gasteiger partial charge on any atom is 0.285 e. The molecule has 2 N–H and O–H groups in total. The van der Waals surface area contributed by atoms with Crippen LogP contribution in [0.5, 0.6) is 0 Å². The van der Waals surface area contributed by atoms with E-state index in [9.17, 15) is 8.78 Å². The molecule has 1 nitrogen and oxygen atoms in total. The molecule has 0 saturated heterocycles. The van der Waals surface area contributed by atoms with Gasteiger partial charge >= 0.3 is 0 Å². The number of alkyl halides is 2. The minimum atomic E-state index is -2.90. The highest BCUT2D eigenvalue weighted by molar-refractivity contribution is 5.27. The molecule has 0 aliphatic heterocycles. The lowest BCUT2D eigenvalue weighted by Crippen LogP contribution is -2.25. The SMILES string of the molecule is CCc1cccc(C(F)(F)CN)c1. The summed E-state index contributed by atoms with van der Waals surface area (Å²) in [6.07, 6.45) is 0.758. The number of halogens is 2. The van der Waals surface area contributed by atoms with Crippen LogP contribution >= 0.6 is 0 Å². The molecule has 0 radical (unpaired) electrons. The molecule has 72 valence electrons. The molecule has 0 heterocycles. The predicted molar refractivity (Wildman–Crippen MR) is 48.8 cm³/mol. The highest BCUT2D eigenvalue weighted by atomic mass is 19.3.